The zero-order chi connectivity index (χ0) is 14.7. The van der Waals surface area contributed by atoms with E-state index in [0.29, 0.717) is 13.0 Å². The number of ether oxygens (including phenoxy) is 1. The molecule has 0 atom stereocenters. The van der Waals surface area contributed by atoms with E-state index >= 15 is 0 Å². The highest BCUT2D eigenvalue weighted by atomic mass is 32.1. The first-order valence-electron chi connectivity index (χ1n) is 6.99. The molecule has 0 fully saturated rings. The first-order chi connectivity index (χ1) is 10.3. The second-order valence-corrected chi connectivity index (χ2v) is 5.72. The van der Waals surface area contributed by atoms with Crippen molar-refractivity contribution in [2.24, 2.45) is 0 Å². The molecule has 3 rings (SSSR count). The third-order valence-electron chi connectivity index (χ3n) is 3.44. The normalized spacial score (nSPS) is 10.7. The summed E-state index contributed by atoms with van der Waals surface area (Å²) in [6.07, 6.45) is 0.319. The molecule has 0 unspecified atom stereocenters. The molecule has 106 valence electrons. The van der Waals surface area contributed by atoms with Gasteiger partial charge >= 0.3 is 5.97 Å². The highest BCUT2D eigenvalue weighted by Crippen LogP contribution is 2.33. The Hall–Kier alpha value is -2.13. The molecule has 0 bridgehead atoms. The smallest absolute Gasteiger partial charge is 0.310 e. The van der Waals surface area contributed by atoms with Gasteiger partial charge in [0.2, 0.25) is 0 Å². The molecule has 1 heterocycles. The van der Waals surface area contributed by atoms with Gasteiger partial charge in [0.05, 0.1) is 13.0 Å². The fourth-order valence-corrected chi connectivity index (χ4v) is 3.30. The molecule has 2 nitrogen and oxygen atoms in total. The van der Waals surface area contributed by atoms with E-state index in [4.69, 9.17) is 4.74 Å². The zero-order valence-corrected chi connectivity index (χ0v) is 12.7. The predicted molar refractivity (Wildman–Crippen MR) is 87.6 cm³/mol. The van der Waals surface area contributed by atoms with Crippen LogP contribution in [0.3, 0.4) is 0 Å². The van der Waals surface area contributed by atoms with E-state index in [1.807, 2.05) is 25.1 Å². The van der Waals surface area contributed by atoms with E-state index in [-0.39, 0.29) is 5.97 Å². The summed E-state index contributed by atoms with van der Waals surface area (Å²) in [5.74, 6) is -0.175. The largest absolute Gasteiger partial charge is 0.466 e. The molecular weight excluding hydrogens is 280 g/mol. The Balaban J connectivity index is 2.09. The van der Waals surface area contributed by atoms with Crippen molar-refractivity contribution in [3.63, 3.8) is 0 Å². The second-order valence-electron chi connectivity index (χ2n) is 4.78. The molecule has 0 aliphatic carbocycles. The second kappa shape index (κ2) is 6.10. The number of thiophene rings is 1. The van der Waals surface area contributed by atoms with Gasteiger partial charge in [0.25, 0.3) is 0 Å². The van der Waals surface area contributed by atoms with Gasteiger partial charge in [-0.1, -0.05) is 42.5 Å². The third kappa shape index (κ3) is 2.83. The van der Waals surface area contributed by atoms with E-state index in [2.05, 4.69) is 35.7 Å². The van der Waals surface area contributed by atoms with Gasteiger partial charge in [0, 0.05) is 4.88 Å². The van der Waals surface area contributed by atoms with Gasteiger partial charge in [-0.25, -0.2) is 0 Å². The van der Waals surface area contributed by atoms with Crippen LogP contribution in [-0.4, -0.2) is 12.6 Å². The third-order valence-corrected chi connectivity index (χ3v) is 4.34. The minimum atomic E-state index is -0.175. The Morgan fingerprint density at radius 2 is 1.86 bits per heavy atom. The Labute approximate surface area is 128 Å². The van der Waals surface area contributed by atoms with Crippen LogP contribution in [-0.2, 0) is 16.0 Å². The monoisotopic (exact) mass is 296 g/mol. The molecule has 1 aromatic heterocycles. The zero-order valence-electron chi connectivity index (χ0n) is 11.8. The average molecular weight is 296 g/mol. The van der Waals surface area contributed by atoms with Crippen molar-refractivity contribution in [1.29, 1.82) is 0 Å². The Morgan fingerprint density at radius 3 is 2.57 bits per heavy atom. The fourth-order valence-electron chi connectivity index (χ4n) is 2.53. The maximum atomic E-state index is 11.7. The summed E-state index contributed by atoms with van der Waals surface area (Å²) in [5, 5.41) is 4.38. The molecule has 21 heavy (non-hydrogen) atoms. The lowest BCUT2D eigenvalue weighted by Crippen LogP contribution is -2.07. The lowest BCUT2D eigenvalue weighted by atomic mass is 9.97. The van der Waals surface area contributed by atoms with Gasteiger partial charge in [0.1, 0.15) is 0 Å². The number of benzene rings is 2. The number of esters is 1. The van der Waals surface area contributed by atoms with Crippen LogP contribution in [0.5, 0.6) is 0 Å². The number of rotatable bonds is 4. The lowest BCUT2D eigenvalue weighted by molar-refractivity contribution is -0.142. The van der Waals surface area contributed by atoms with Crippen LogP contribution in [0.2, 0.25) is 0 Å². The Bertz CT molecular complexity index is 760. The van der Waals surface area contributed by atoms with Crippen LogP contribution >= 0.6 is 11.3 Å². The number of carbonyl (C=O) groups excluding carboxylic acids is 1. The Morgan fingerprint density at radius 1 is 1.05 bits per heavy atom. The molecule has 0 spiro atoms. The molecular formula is C18H16O2S. The van der Waals surface area contributed by atoms with Crippen molar-refractivity contribution in [1.82, 2.24) is 0 Å². The molecule has 3 aromatic rings. The topological polar surface area (TPSA) is 26.3 Å². The summed E-state index contributed by atoms with van der Waals surface area (Å²) >= 11 is 1.73. The lowest BCUT2D eigenvalue weighted by Gasteiger charge is -2.10. The van der Waals surface area contributed by atoms with Gasteiger partial charge in [-0.15, -0.1) is 11.3 Å². The molecule has 0 N–H and O–H groups in total. The van der Waals surface area contributed by atoms with Gasteiger partial charge < -0.3 is 4.74 Å². The van der Waals surface area contributed by atoms with Gasteiger partial charge in [-0.05, 0) is 40.3 Å². The summed E-state index contributed by atoms with van der Waals surface area (Å²) < 4.78 is 5.06. The number of hydrogen-bond acceptors (Lipinski definition) is 3. The first-order valence-corrected chi connectivity index (χ1v) is 7.87. The van der Waals surface area contributed by atoms with Crippen molar-refractivity contribution in [2.45, 2.75) is 13.3 Å². The SMILES string of the molecule is CCOC(=O)Cc1ccc(-c2cccs2)c2ccccc12. The molecule has 0 saturated heterocycles. The number of fused-ring (bicyclic) bond motifs is 1. The van der Waals surface area contributed by atoms with Gasteiger partial charge in [0.15, 0.2) is 0 Å². The van der Waals surface area contributed by atoms with E-state index in [0.717, 1.165) is 10.9 Å². The van der Waals surface area contributed by atoms with Crippen LogP contribution in [0, 0.1) is 0 Å². The van der Waals surface area contributed by atoms with E-state index in [1.165, 1.54) is 15.8 Å². The minimum Gasteiger partial charge on any atom is -0.466 e. The first kappa shape index (κ1) is 13.8. The van der Waals surface area contributed by atoms with Crippen LogP contribution in [0.4, 0.5) is 0 Å². The van der Waals surface area contributed by atoms with Crippen LogP contribution in [0.25, 0.3) is 21.2 Å². The average Bonchev–Trinajstić information content (AvgIpc) is 3.02. The molecule has 0 aliphatic rings. The van der Waals surface area contributed by atoms with Crippen molar-refractivity contribution in [3.8, 4) is 10.4 Å². The van der Waals surface area contributed by atoms with Gasteiger partial charge in [-0.3, -0.25) is 4.79 Å². The highest BCUT2D eigenvalue weighted by molar-refractivity contribution is 7.13. The van der Waals surface area contributed by atoms with Crippen LogP contribution < -0.4 is 0 Å². The summed E-state index contributed by atoms with van der Waals surface area (Å²) in [6.45, 7) is 2.25. The maximum absolute atomic E-state index is 11.7. The Kier molecular flexibility index (Phi) is 4.02. The van der Waals surface area contributed by atoms with E-state index in [9.17, 15) is 4.79 Å². The van der Waals surface area contributed by atoms with Crippen molar-refractivity contribution < 1.29 is 9.53 Å². The fraction of sp³-hybridized carbons (Fsp3) is 0.167. The summed E-state index contributed by atoms with van der Waals surface area (Å²) in [4.78, 5) is 13.0. The van der Waals surface area contributed by atoms with E-state index in [1.54, 1.807) is 11.3 Å². The van der Waals surface area contributed by atoms with Crippen molar-refractivity contribution in [2.75, 3.05) is 6.61 Å². The quantitative estimate of drug-likeness (QED) is 0.654. The summed E-state index contributed by atoms with van der Waals surface area (Å²) in [6, 6.07) is 16.5. The number of carbonyl (C=O) groups is 1. The molecule has 0 amide bonds. The van der Waals surface area contributed by atoms with Crippen LogP contribution in [0.15, 0.2) is 53.9 Å². The van der Waals surface area contributed by atoms with Crippen molar-refractivity contribution >= 4 is 28.1 Å². The van der Waals surface area contributed by atoms with Crippen molar-refractivity contribution in [3.05, 3.63) is 59.5 Å². The minimum absolute atomic E-state index is 0.175. The van der Waals surface area contributed by atoms with Crippen LogP contribution in [0.1, 0.15) is 12.5 Å². The number of hydrogen-bond donors (Lipinski definition) is 0. The molecule has 0 aliphatic heterocycles. The molecule has 3 heteroatoms. The molecule has 0 radical (unpaired) electrons. The van der Waals surface area contributed by atoms with Gasteiger partial charge in [-0.2, -0.15) is 0 Å². The standard InChI is InChI=1S/C18H16O2S/c1-2-20-18(19)12-13-9-10-16(17-8-5-11-21-17)15-7-4-3-6-14(13)15/h3-11H,2,12H2,1H3. The summed E-state index contributed by atoms with van der Waals surface area (Å²) in [7, 11) is 0. The maximum Gasteiger partial charge on any atom is 0.310 e. The predicted octanol–water partition coefficient (Wildman–Crippen LogP) is 4.67. The molecule has 0 saturated carbocycles. The highest BCUT2D eigenvalue weighted by Gasteiger charge is 2.11. The molecule has 2 aromatic carbocycles. The van der Waals surface area contributed by atoms with E-state index < -0.39 is 0 Å². The summed E-state index contributed by atoms with van der Waals surface area (Å²) in [5.41, 5.74) is 2.23.